The summed E-state index contributed by atoms with van der Waals surface area (Å²) in [4.78, 5) is 40.9. The van der Waals surface area contributed by atoms with Gasteiger partial charge in [0.2, 0.25) is 5.89 Å². The maximum atomic E-state index is 13.4. The number of aromatic nitrogens is 1. The number of hydrogen-bond acceptors (Lipinski definition) is 8. The van der Waals surface area contributed by atoms with E-state index in [9.17, 15) is 19.5 Å². The first kappa shape index (κ1) is 30.7. The van der Waals surface area contributed by atoms with Crippen LogP contribution in [0.1, 0.15) is 32.9 Å². The fourth-order valence-electron chi connectivity index (χ4n) is 4.79. The quantitative estimate of drug-likeness (QED) is 0.106. The van der Waals surface area contributed by atoms with E-state index in [-0.39, 0.29) is 18.8 Å². The normalized spacial score (nSPS) is 11.4. The molecule has 1 atom stereocenters. The number of benzene rings is 4. The third kappa shape index (κ3) is 8.03. The van der Waals surface area contributed by atoms with Gasteiger partial charge in [-0.25, -0.2) is 9.78 Å². The molecule has 1 heterocycles. The van der Waals surface area contributed by atoms with Crippen LogP contribution in [0.2, 0.25) is 0 Å². The van der Waals surface area contributed by atoms with E-state index in [0.29, 0.717) is 53.5 Å². The van der Waals surface area contributed by atoms with Crippen LogP contribution in [-0.2, 0) is 22.4 Å². The highest BCUT2D eigenvalue weighted by Gasteiger charge is 2.22. The van der Waals surface area contributed by atoms with Gasteiger partial charge in [-0.3, -0.25) is 9.59 Å². The van der Waals surface area contributed by atoms with Crippen molar-refractivity contribution in [2.75, 3.05) is 18.5 Å². The van der Waals surface area contributed by atoms with Crippen LogP contribution in [0.15, 0.2) is 108 Å². The maximum absolute atomic E-state index is 13.4. The molecule has 0 aliphatic rings. The molecule has 0 aliphatic carbocycles. The van der Waals surface area contributed by atoms with Crippen LogP contribution in [0.25, 0.3) is 11.5 Å². The molecule has 5 aromatic rings. The van der Waals surface area contributed by atoms with Gasteiger partial charge in [0.1, 0.15) is 29.9 Å². The van der Waals surface area contributed by atoms with Gasteiger partial charge >= 0.3 is 5.97 Å². The molecule has 0 radical (unpaired) electrons. The van der Waals surface area contributed by atoms with E-state index in [2.05, 4.69) is 10.3 Å². The molecule has 9 heteroatoms. The standard InChI is InChI=1S/C36H32N2O7/c1-24-31(38-35(45-24)26-8-3-2-4-9-26)18-20-43-28-16-14-25(15-17-28)22-33(36(41)42)37-32-13-6-5-12-30(32)34(40)27-10-7-11-29(23-27)44-21-19-39/h2-17,19,23,33,37H,18,20-22H2,1H3,(H,41,42). The molecule has 2 N–H and O–H groups in total. The number of carbonyl (C=O) groups is 3. The average Bonchev–Trinajstić information content (AvgIpc) is 3.44. The number of ether oxygens (including phenoxy) is 2. The van der Waals surface area contributed by atoms with Gasteiger partial charge in [0.15, 0.2) is 12.1 Å². The molecule has 0 fully saturated rings. The summed E-state index contributed by atoms with van der Waals surface area (Å²) in [5.74, 6) is 1.01. The van der Waals surface area contributed by atoms with Crippen molar-refractivity contribution in [3.63, 3.8) is 0 Å². The van der Waals surface area contributed by atoms with Crippen molar-refractivity contribution in [2.45, 2.75) is 25.8 Å². The summed E-state index contributed by atoms with van der Waals surface area (Å²) in [5, 5.41) is 13.0. The first-order chi connectivity index (χ1) is 21.9. The Bertz CT molecular complexity index is 1760. The van der Waals surface area contributed by atoms with Crippen molar-refractivity contribution < 1.29 is 33.4 Å². The summed E-state index contributed by atoms with van der Waals surface area (Å²) >= 11 is 0. The predicted molar refractivity (Wildman–Crippen MR) is 169 cm³/mol. The van der Waals surface area contributed by atoms with Gasteiger partial charge in [0.05, 0.1) is 12.3 Å². The van der Waals surface area contributed by atoms with E-state index in [1.54, 1.807) is 60.7 Å². The van der Waals surface area contributed by atoms with Crippen molar-refractivity contribution in [1.82, 2.24) is 4.98 Å². The van der Waals surface area contributed by atoms with E-state index in [1.807, 2.05) is 49.4 Å². The van der Waals surface area contributed by atoms with Crippen molar-refractivity contribution in [1.29, 1.82) is 0 Å². The Morgan fingerprint density at radius 3 is 2.42 bits per heavy atom. The van der Waals surface area contributed by atoms with E-state index < -0.39 is 12.0 Å². The molecule has 0 saturated carbocycles. The number of rotatable bonds is 15. The van der Waals surface area contributed by atoms with Gasteiger partial charge in [-0.15, -0.1) is 0 Å². The number of aldehydes is 1. The predicted octanol–water partition coefficient (Wildman–Crippen LogP) is 6.19. The number of carboxylic acids is 1. The van der Waals surface area contributed by atoms with Crippen LogP contribution in [0, 0.1) is 6.92 Å². The Morgan fingerprint density at radius 1 is 0.911 bits per heavy atom. The number of anilines is 1. The number of para-hydroxylation sites is 1. The molecule has 0 amide bonds. The molecule has 228 valence electrons. The molecular formula is C36H32N2O7. The summed E-state index contributed by atoms with van der Waals surface area (Å²) in [6, 6.07) is 29.2. The third-order valence-corrected chi connectivity index (χ3v) is 7.10. The highest BCUT2D eigenvalue weighted by atomic mass is 16.5. The summed E-state index contributed by atoms with van der Waals surface area (Å²) in [5.41, 5.74) is 3.60. The minimum absolute atomic E-state index is 0.123. The van der Waals surface area contributed by atoms with Crippen LogP contribution >= 0.6 is 0 Å². The Morgan fingerprint density at radius 2 is 1.67 bits per heavy atom. The summed E-state index contributed by atoms with van der Waals surface area (Å²) in [7, 11) is 0. The minimum atomic E-state index is -1.06. The van der Waals surface area contributed by atoms with E-state index in [4.69, 9.17) is 13.9 Å². The second-order valence-corrected chi connectivity index (χ2v) is 10.2. The molecule has 0 aliphatic heterocycles. The lowest BCUT2D eigenvalue weighted by Gasteiger charge is -2.18. The van der Waals surface area contributed by atoms with E-state index >= 15 is 0 Å². The molecular weight excluding hydrogens is 572 g/mol. The molecule has 0 spiro atoms. The fourth-order valence-corrected chi connectivity index (χ4v) is 4.79. The lowest BCUT2D eigenvalue weighted by molar-refractivity contribution is -0.137. The zero-order chi connectivity index (χ0) is 31.6. The monoisotopic (exact) mass is 604 g/mol. The number of hydrogen-bond donors (Lipinski definition) is 2. The van der Waals surface area contributed by atoms with Crippen LogP contribution in [0.5, 0.6) is 11.5 Å². The van der Waals surface area contributed by atoms with Crippen molar-refractivity contribution in [2.24, 2.45) is 0 Å². The lowest BCUT2D eigenvalue weighted by Crippen LogP contribution is -2.32. The molecule has 0 saturated heterocycles. The number of aliphatic carboxylic acids is 1. The summed E-state index contributed by atoms with van der Waals surface area (Å²) < 4.78 is 17.1. The second kappa shape index (κ2) is 14.7. The highest BCUT2D eigenvalue weighted by Crippen LogP contribution is 2.25. The van der Waals surface area contributed by atoms with Crippen LogP contribution in [0.4, 0.5) is 5.69 Å². The Balaban J connectivity index is 1.20. The topological polar surface area (TPSA) is 128 Å². The van der Waals surface area contributed by atoms with Crippen LogP contribution < -0.4 is 14.8 Å². The summed E-state index contributed by atoms with van der Waals surface area (Å²) in [6.45, 7) is 2.16. The van der Waals surface area contributed by atoms with E-state index in [1.165, 1.54) is 0 Å². The number of aryl methyl sites for hydroxylation is 1. The van der Waals surface area contributed by atoms with Crippen molar-refractivity contribution in [3.8, 4) is 23.0 Å². The molecule has 45 heavy (non-hydrogen) atoms. The molecule has 4 aromatic carbocycles. The number of ketones is 1. The van der Waals surface area contributed by atoms with Crippen molar-refractivity contribution in [3.05, 3.63) is 131 Å². The van der Waals surface area contributed by atoms with Gasteiger partial charge < -0.3 is 24.3 Å². The average molecular weight is 605 g/mol. The van der Waals surface area contributed by atoms with Crippen LogP contribution in [0.3, 0.4) is 0 Å². The molecule has 0 bridgehead atoms. The molecule has 1 aromatic heterocycles. The van der Waals surface area contributed by atoms with Gasteiger partial charge in [-0.1, -0.05) is 54.6 Å². The zero-order valence-electron chi connectivity index (χ0n) is 24.6. The number of oxazole rings is 1. The third-order valence-electron chi connectivity index (χ3n) is 7.10. The van der Waals surface area contributed by atoms with Gasteiger partial charge in [0.25, 0.3) is 0 Å². The lowest BCUT2D eigenvalue weighted by atomic mass is 10.00. The molecule has 9 nitrogen and oxygen atoms in total. The largest absolute Gasteiger partial charge is 0.493 e. The smallest absolute Gasteiger partial charge is 0.326 e. The number of nitrogens with one attached hydrogen (secondary N) is 1. The van der Waals surface area contributed by atoms with E-state index in [0.717, 1.165) is 22.6 Å². The Labute approximate surface area is 260 Å². The summed E-state index contributed by atoms with van der Waals surface area (Å²) in [6.07, 6.45) is 1.37. The number of carbonyl (C=O) groups excluding carboxylic acids is 2. The molecule has 5 rings (SSSR count). The van der Waals surface area contributed by atoms with Gasteiger partial charge in [-0.2, -0.15) is 0 Å². The minimum Gasteiger partial charge on any atom is -0.493 e. The van der Waals surface area contributed by atoms with Crippen molar-refractivity contribution >= 4 is 23.7 Å². The highest BCUT2D eigenvalue weighted by molar-refractivity contribution is 6.12. The van der Waals surface area contributed by atoms with Crippen LogP contribution in [-0.4, -0.2) is 47.4 Å². The Hall–Kier alpha value is -5.70. The fraction of sp³-hybridized carbons (Fsp3) is 0.167. The number of nitrogens with zero attached hydrogens (tertiary/aromatic N) is 1. The SMILES string of the molecule is Cc1oc(-c2ccccc2)nc1CCOc1ccc(CC(Nc2ccccc2C(=O)c2cccc(OCC=O)c2)C(=O)O)cc1. The first-order valence-corrected chi connectivity index (χ1v) is 14.4. The maximum Gasteiger partial charge on any atom is 0.326 e. The number of carboxylic acid groups (broad SMARTS) is 1. The molecule has 1 unspecified atom stereocenters. The second-order valence-electron chi connectivity index (χ2n) is 10.2. The Kier molecular flexibility index (Phi) is 10.0. The zero-order valence-corrected chi connectivity index (χ0v) is 24.6. The first-order valence-electron chi connectivity index (χ1n) is 14.4. The van der Waals surface area contributed by atoms with Gasteiger partial charge in [-0.05, 0) is 61.0 Å². The van der Waals surface area contributed by atoms with Gasteiger partial charge in [0, 0.05) is 35.2 Å².